The number of aliphatic hydroxyl groups is 1. The molecular weight excluding hydrogens is 262 g/mol. The van der Waals surface area contributed by atoms with Crippen LogP contribution in [0, 0.1) is 0 Å². The van der Waals surface area contributed by atoms with Crippen LogP contribution in [0.2, 0.25) is 0 Å². The van der Waals surface area contributed by atoms with Crippen LogP contribution in [0.5, 0.6) is 0 Å². The number of nitrogens with zero attached hydrogens (tertiary/aromatic N) is 1. The van der Waals surface area contributed by atoms with Crippen LogP contribution in [0.4, 0.5) is 8.78 Å². The van der Waals surface area contributed by atoms with Crippen LogP contribution in [-0.4, -0.2) is 32.3 Å². The molecule has 1 aromatic rings. The van der Waals surface area contributed by atoms with Gasteiger partial charge in [-0.15, -0.1) is 0 Å². The second-order valence-corrected chi connectivity index (χ2v) is 4.68. The zero-order chi connectivity index (χ0) is 14.4. The van der Waals surface area contributed by atoms with Crippen molar-refractivity contribution in [1.82, 2.24) is 9.55 Å². The molecule has 1 saturated heterocycles. The molecule has 1 aliphatic rings. The third-order valence-electron chi connectivity index (χ3n) is 3.32. The highest BCUT2D eigenvalue weighted by atomic mass is 19.2. The predicted molar refractivity (Wildman–Crippen MR) is 61.1 cm³/mol. The number of rotatable bonds is 2. The third-order valence-corrected chi connectivity index (χ3v) is 3.32. The standard InChI is InChI=1S/C11H14F2N2O4/c1-3-11(13)7(17)10(2,12)8(19-11)15-5-4-6(16)14-9(15)18/h4-5,7-8,17H,3H2,1-2H3,(H,14,16,18)/t7-,8+,10+,11+/m0/s1. The quantitative estimate of drug-likeness (QED) is 0.810. The average Bonchev–Trinajstić information content (AvgIpc) is 2.51. The van der Waals surface area contributed by atoms with Crippen molar-refractivity contribution in [1.29, 1.82) is 0 Å². The second kappa shape index (κ2) is 4.24. The van der Waals surface area contributed by atoms with Gasteiger partial charge in [-0.3, -0.25) is 14.3 Å². The summed E-state index contributed by atoms with van der Waals surface area (Å²) in [5.41, 5.74) is -4.11. The fraction of sp³-hybridized carbons (Fsp3) is 0.636. The first-order chi connectivity index (χ1) is 8.72. The van der Waals surface area contributed by atoms with Gasteiger partial charge in [0.05, 0.1) is 0 Å². The normalized spacial score (nSPS) is 38.6. The number of hydrogen-bond acceptors (Lipinski definition) is 4. The van der Waals surface area contributed by atoms with Crippen molar-refractivity contribution >= 4 is 0 Å². The topological polar surface area (TPSA) is 84.3 Å². The molecule has 8 heteroatoms. The maximum Gasteiger partial charge on any atom is 0.330 e. The Hall–Kier alpha value is -1.54. The monoisotopic (exact) mass is 276 g/mol. The predicted octanol–water partition coefficient (Wildman–Crippen LogP) is 0.230. The van der Waals surface area contributed by atoms with Crippen molar-refractivity contribution in [3.8, 4) is 0 Å². The summed E-state index contributed by atoms with van der Waals surface area (Å²) in [6.45, 7) is 2.33. The molecule has 1 aliphatic heterocycles. The molecule has 1 fully saturated rings. The lowest BCUT2D eigenvalue weighted by molar-refractivity contribution is -0.188. The van der Waals surface area contributed by atoms with Crippen LogP contribution in [0.15, 0.2) is 21.9 Å². The smallest absolute Gasteiger partial charge is 0.330 e. The third kappa shape index (κ3) is 2.00. The molecule has 19 heavy (non-hydrogen) atoms. The maximum atomic E-state index is 14.5. The zero-order valence-corrected chi connectivity index (χ0v) is 10.4. The second-order valence-electron chi connectivity index (χ2n) is 4.68. The molecule has 4 atom stereocenters. The molecular formula is C11H14F2N2O4. The molecule has 0 unspecified atom stereocenters. The van der Waals surface area contributed by atoms with E-state index in [1.165, 1.54) is 6.92 Å². The van der Waals surface area contributed by atoms with E-state index < -0.39 is 35.1 Å². The van der Waals surface area contributed by atoms with Gasteiger partial charge in [0.1, 0.15) is 0 Å². The molecule has 2 heterocycles. The van der Waals surface area contributed by atoms with Crippen LogP contribution >= 0.6 is 0 Å². The molecule has 2 N–H and O–H groups in total. The Balaban J connectivity index is 2.51. The number of ether oxygens (including phenoxy) is 1. The minimum atomic E-state index is -2.58. The Morgan fingerprint density at radius 3 is 2.63 bits per heavy atom. The van der Waals surface area contributed by atoms with E-state index in [2.05, 4.69) is 0 Å². The summed E-state index contributed by atoms with van der Waals surface area (Å²) < 4.78 is 34.2. The van der Waals surface area contributed by atoms with Crippen molar-refractivity contribution in [2.45, 2.75) is 44.1 Å². The number of H-pyrrole nitrogens is 1. The van der Waals surface area contributed by atoms with Gasteiger partial charge < -0.3 is 9.84 Å². The van der Waals surface area contributed by atoms with Crippen molar-refractivity contribution in [3.05, 3.63) is 33.1 Å². The first kappa shape index (κ1) is 13.9. The van der Waals surface area contributed by atoms with Gasteiger partial charge in [-0.1, -0.05) is 6.92 Å². The van der Waals surface area contributed by atoms with E-state index in [-0.39, 0.29) is 6.42 Å². The molecule has 0 amide bonds. The van der Waals surface area contributed by atoms with E-state index in [0.29, 0.717) is 4.57 Å². The molecule has 0 spiro atoms. The summed E-state index contributed by atoms with van der Waals surface area (Å²) in [7, 11) is 0. The molecule has 1 aromatic heterocycles. The van der Waals surface area contributed by atoms with Gasteiger partial charge >= 0.3 is 5.69 Å². The fourth-order valence-corrected chi connectivity index (χ4v) is 2.14. The number of aromatic nitrogens is 2. The summed E-state index contributed by atoms with van der Waals surface area (Å²) in [6.07, 6.45) is -2.97. The van der Waals surface area contributed by atoms with Crippen LogP contribution in [0.25, 0.3) is 0 Å². The molecule has 2 rings (SSSR count). The lowest BCUT2D eigenvalue weighted by atomic mass is 9.96. The Morgan fingerprint density at radius 2 is 2.16 bits per heavy atom. The van der Waals surface area contributed by atoms with E-state index in [9.17, 15) is 23.5 Å². The van der Waals surface area contributed by atoms with E-state index in [4.69, 9.17) is 4.74 Å². The molecule has 0 aliphatic carbocycles. The highest BCUT2D eigenvalue weighted by molar-refractivity contribution is 5.04. The largest absolute Gasteiger partial charge is 0.384 e. The van der Waals surface area contributed by atoms with E-state index in [1.807, 2.05) is 4.98 Å². The highest BCUT2D eigenvalue weighted by Gasteiger charge is 2.63. The highest BCUT2D eigenvalue weighted by Crippen LogP contribution is 2.48. The summed E-state index contributed by atoms with van der Waals surface area (Å²) in [5.74, 6) is -2.58. The van der Waals surface area contributed by atoms with Gasteiger partial charge in [-0.2, -0.15) is 0 Å². The molecule has 0 aromatic carbocycles. The number of alkyl halides is 2. The van der Waals surface area contributed by atoms with Gasteiger partial charge in [-0.05, 0) is 6.92 Å². The van der Waals surface area contributed by atoms with E-state index in [1.54, 1.807) is 0 Å². The number of aliphatic hydroxyl groups excluding tert-OH is 1. The van der Waals surface area contributed by atoms with Crippen LogP contribution in [0.1, 0.15) is 26.5 Å². The Kier molecular flexibility index (Phi) is 3.10. The summed E-state index contributed by atoms with van der Waals surface area (Å²) >= 11 is 0. The summed E-state index contributed by atoms with van der Waals surface area (Å²) in [5, 5.41) is 9.69. The summed E-state index contributed by atoms with van der Waals surface area (Å²) in [4.78, 5) is 24.4. The average molecular weight is 276 g/mol. The van der Waals surface area contributed by atoms with Gasteiger partial charge in [0, 0.05) is 18.7 Å². The number of hydrogen-bond donors (Lipinski definition) is 2. The van der Waals surface area contributed by atoms with Crippen LogP contribution in [0.3, 0.4) is 0 Å². The van der Waals surface area contributed by atoms with Gasteiger partial charge in [-0.25, -0.2) is 13.6 Å². The SMILES string of the molecule is CC[C@@]1(F)O[C@@H](n2ccc(=O)[nH]c2=O)[C@](C)(F)[C@@H]1O. The molecule has 6 nitrogen and oxygen atoms in total. The molecule has 0 saturated carbocycles. The minimum absolute atomic E-state index is 0.276. The van der Waals surface area contributed by atoms with Crippen LogP contribution < -0.4 is 11.2 Å². The number of nitrogens with one attached hydrogen (secondary N) is 1. The fourth-order valence-electron chi connectivity index (χ4n) is 2.14. The number of aromatic amines is 1. The Labute approximate surface area is 106 Å². The lowest BCUT2D eigenvalue weighted by Crippen LogP contribution is -2.45. The minimum Gasteiger partial charge on any atom is -0.384 e. The van der Waals surface area contributed by atoms with Gasteiger partial charge in [0.15, 0.2) is 18.0 Å². The lowest BCUT2D eigenvalue weighted by Gasteiger charge is -2.24. The van der Waals surface area contributed by atoms with Crippen molar-refractivity contribution in [2.75, 3.05) is 0 Å². The molecule has 0 bridgehead atoms. The van der Waals surface area contributed by atoms with Crippen LogP contribution in [-0.2, 0) is 4.74 Å². The molecule has 0 radical (unpaired) electrons. The van der Waals surface area contributed by atoms with Gasteiger partial charge in [0.25, 0.3) is 5.56 Å². The zero-order valence-electron chi connectivity index (χ0n) is 10.4. The van der Waals surface area contributed by atoms with Crippen molar-refractivity contribution in [3.63, 3.8) is 0 Å². The van der Waals surface area contributed by atoms with E-state index in [0.717, 1.165) is 19.2 Å². The Bertz CT molecular complexity index is 597. The van der Waals surface area contributed by atoms with E-state index >= 15 is 0 Å². The van der Waals surface area contributed by atoms with Crippen molar-refractivity contribution in [2.24, 2.45) is 0 Å². The Morgan fingerprint density at radius 1 is 1.53 bits per heavy atom. The number of halogens is 2. The first-order valence-corrected chi connectivity index (χ1v) is 5.77. The van der Waals surface area contributed by atoms with Gasteiger partial charge in [0.2, 0.25) is 5.85 Å². The summed E-state index contributed by atoms with van der Waals surface area (Å²) in [6, 6.07) is 0.984. The molecule has 106 valence electrons. The first-order valence-electron chi connectivity index (χ1n) is 5.77. The van der Waals surface area contributed by atoms with Crippen molar-refractivity contribution < 1.29 is 18.6 Å². The maximum absolute atomic E-state index is 14.5.